The maximum atomic E-state index is 9.08. The molecule has 0 aromatic heterocycles. The molecule has 1 heteroatoms. The van der Waals surface area contributed by atoms with Gasteiger partial charge in [0.2, 0.25) is 0 Å². The molecule has 1 N–H and O–H groups in total. The minimum Gasteiger partial charge on any atom is -0.393 e. The van der Waals surface area contributed by atoms with E-state index in [-0.39, 0.29) is 0 Å². The van der Waals surface area contributed by atoms with Crippen molar-refractivity contribution in [3.8, 4) is 0 Å². The Morgan fingerprint density at radius 2 is 3.40 bits per heavy atom. The summed E-state index contributed by atoms with van der Waals surface area (Å²) in [5.41, 5.74) is 0. The van der Waals surface area contributed by atoms with E-state index in [0.29, 0.717) is 0 Å². The van der Waals surface area contributed by atoms with Gasteiger partial charge in [0.25, 0.3) is 0 Å². The first kappa shape index (κ1) is 0.463. The molecule has 32 valence electrons. The summed E-state index contributed by atoms with van der Waals surface area (Å²) in [5, 5.41) is 9.08. The van der Waals surface area contributed by atoms with Crippen LogP contribution in [0.3, 0.4) is 0 Å². The third-order valence-electron chi connectivity index (χ3n) is 0.118. The van der Waals surface area contributed by atoms with Gasteiger partial charge in [-0.05, 0) is 13.2 Å². The summed E-state index contributed by atoms with van der Waals surface area (Å²) < 4.78 is 60.9. The lowest BCUT2D eigenvalue weighted by Gasteiger charge is -1.90. The van der Waals surface area contributed by atoms with E-state index in [0.717, 1.165) is 0 Å². The quantitative estimate of drug-likeness (QED) is 0.496. The summed E-state index contributed by atoms with van der Waals surface area (Å²) >= 11 is 0. The normalized spacial score (nSPS) is 55.8. The van der Waals surface area contributed by atoms with Crippen molar-refractivity contribution in [1.29, 1.82) is 0 Å². The van der Waals surface area contributed by atoms with Crippen molar-refractivity contribution in [2.24, 2.45) is 0 Å². The molecule has 0 aliphatic heterocycles. The molecule has 5 heavy (non-hydrogen) atoms. The molecule has 1 nitrogen and oxygen atoms in total. The molecule has 1 unspecified atom stereocenters. The molecule has 0 radical (unpaired) electrons. The summed E-state index contributed by atoms with van der Waals surface area (Å²) in [4.78, 5) is 0. The van der Waals surface area contributed by atoms with Gasteiger partial charge in [-0.25, -0.2) is 0 Å². The van der Waals surface area contributed by atoms with Gasteiger partial charge in [0.05, 0.1) is 7.45 Å². The van der Waals surface area contributed by atoms with Crippen LogP contribution >= 0.6 is 0 Å². The van der Waals surface area contributed by atoms with E-state index in [1.807, 2.05) is 0 Å². The maximum Gasteiger partial charge on any atom is 0.0597 e. The molecule has 0 saturated heterocycles. The number of rotatable bonds is 1. The number of hydrogen-bond donors (Lipinski definition) is 1. The molecule has 0 saturated carbocycles. The highest BCUT2D eigenvalue weighted by atomic mass is 16.3. The van der Waals surface area contributed by atoms with Crippen molar-refractivity contribution in [3.05, 3.63) is 0 Å². The van der Waals surface area contributed by atoms with Gasteiger partial charge >= 0.3 is 0 Å². The van der Waals surface area contributed by atoms with E-state index >= 15 is 0 Å². The number of hydrogen-bond acceptors (Lipinski definition) is 1. The summed E-state index contributed by atoms with van der Waals surface area (Å²) in [6.07, 6.45) is -7.18. The van der Waals surface area contributed by atoms with Crippen LogP contribution in [-0.2, 0) is 0 Å². The molecule has 0 rings (SSSR count). The zero-order chi connectivity index (χ0) is 12.0. The topological polar surface area (TPSA) is 20.2 Å². The SMILES string of the molecule is [2H]C([2H])([2H])C([2H])([2H])C([2H])(O)C([2H])([2H])[2H]. The zero-order valence-corrected chi connectivity index (χ0v) is 2.45. The Morgan fingerprint density at radius 3 is 3.60 bits per heavy atom. The van der Waals surface area contributed by atoms with Crippen LogP contribution in [0.5, 0.6) is 0 Å². The second-order valence-electron chi connectivity index (χ2n) is 0.474. The van der Waals surface area contributed by atoms with Crippen LogP contribution in [0.25, 0.3) is 0 Å². The summed E-state index contributed by atoms with van der Waals surface area (Å²) in [7, 11) is 0. The predicted octanol–water partition coefficient (Wildman–Crippen LogP) is 0.777. The molecular formula is C4H10O. The van der Waals surface area contributed by atoms with E-state index in [4.69, 9.17) is 17.4 Å². The minimum atomic E-state index is -3.66. The predicted molar refractivity (Wildman–Crippen MR) is 22.0 cm³/mol. The Bertz CT molecular complexity index is 186. The van der Waals surface area contributed by atoms with Crippen LogP contribution < -0.4 is 0 Å². The maximum absolute atomic E-state index is 9.08. The van der Waals surface area contributed by atoms with Gasteiger partial charge in [-0.2, -0.15) is 0 Å². The third-order valence-corrected chi connectivity index (χ3v) is 0.118. The first-order valence-corrected chi connectivity index (χ1v) is 0.974. The standard InChI is InChI=1S/C4H10O/c1-3-4(2)5/h4-5H,3H2,1-2H3/i1D3,2D3,3D2,4D. The average molecular weight is 83.2 g/mol. The second kappa shape index (κ2) is 2.21. The van der Waals surface area contributed by atoms with Gasteiger partial charge in [0, 0.05) is 11.0 Å². The van der Waals surface area contributed by atoms with Gasteiger partial charge in [0.15, 0.2) is 0 Å². The van der Waals surface area contributed by atoms with E-state index in [1.165, 1.54) is 0 Å². The van der Waals surface area contributed by atoms with Gasteiger partial charge in [-0.1, -0.05) is 6.85 Å². The molecule has 0 aromatic rings. The van der Waals surface area contributed by atoms with Gasteiger partial charge < -0.3 is 5.11 Å². The van der Waals surface area contributed by atoms with Crippen molar-refractivity contribution in [2.45, 2.75) is 26.2 Å². The lowest BCUT2D eigenvalue weighted by Crippen LogP contribution is -1.93. The Hall–Kier alpha value is -0.0400. The van der Waals surface area contributed by atoms with Crippen LogP contribution in [-0.4, -0.2) is 11.2 Å². The summed E-state index contributed by atoms with van der Waals surface area (Å²) in [5.74, 6) is 0. The fourth-order valence-corrected chi connectivity index (χ4v) is 0. The molecular weight excluding hydrogens is 64.0 g/mol. The largest absolute Gasteiger partial charge is 0.393 e. The fraction of sp³-hybridized carbons (Fsp3) is 1.00. The molecule has 1 atom stereocenters. The van der Waals surface area contributed by atoms with Crippen LogP contribution in [0, 0.1) is 0 Å². The van der Waals surface area contributed by atoms with E-state index < -0.39 is 26.2 Å². The van der Waals surface area contributed by atoms with Crippen molar-refractivity contribution in [2.75, 3.05) is 0 Å². The highest BCUT2D eigenvalue weighted by Gasteiger charge is 1.81. The fourth-order valence-electron chi connectivity index (χ4n) is 0. The Labute approximate surface area is 45.3 Å². The van der Waals surface area contributed by atoms with Crippen molar-refractivity contribution < 1.29 is 17.4 Å². The van der Waals surface area contributed by atoms with Gasteiger partial charge in [-0.3, -0.25) is 0 Å². The highest BCUT2D eigenvalue weighted by molar-refractivity contribution is 4.34. The molecule has 0 bridgehead atoms. The van der Waals surface area contributed by atoms with Crippen LogP contribution in [0.2, 0.25) is 0 Å². The van der Waals surface area contributed by atoms with Gasteiger partial charge in [-0.15, -0.1) is 0 Å². The first-order valence-electron chi connectivity index (χ1n) is 5.47. The molecule has 0 aliphatic carbocycles. The third kappa shape index (κ3) is 3.96. The summed E-state index contributed by atoms with van der Waals surface area (Å²) in [6, 6.07) is 0. The molecule has 0 aromatic carbocycles. The van der Waals surface area contributed by atoms with Crippen molar-refractivity contribution in [1.82, 2.24) is 0 Å². The van der Waals surface area contributed by atoms with Crippen LogP contribution in [0.4, 0.5) is 0 Å². The molecule has 0 heterocycles. The smallest absolute Gasteiger partial charge is 0.0597 e. The van der Waals surface area contributed by atoms with E-state index in [1.54, 1.807) is 0 Å². The van der Waals surface area contributed by atoms with Crippen molar-refractivity contribution in [3.63, 3.8) is 0 Å². The van der Waals surface area contributed by atoms with Gasteiger partial charge in [0.1, 0.15) is 0 Å². The summed E-state index contributed by atoms with van der Waals surface area (Å²) in [6.45, 7) is -6.80. The lowest BCUT2D eigenvalue weighted by molar-refractivity contribution is 0.191. The van der Waals surface area contributed by atoms with Crippen molar-refractivity contribution >= 4 is 0 Å². The Kier molecular flexibility index (Phi) is 0.205. The molecule has 0 fully saturated rings. The second-order valence-corrected chi connectivity index (χ2v) is 0.474. The van der Waals surface area contributed by atoms with E-state index in [2.05, 4.69) is 0 Å². The lowest BCUT2D eigenvalue weighted by atomic mass is 10.3. The number of aliphatic hydroxyl groups is 1. The Morgan fingerprint density at radius 1 is 2.60 bits per heavy atom. The Balaban J connectivity index is 5.30. The zero-order valence-electron chi connectivity index (χ0n) is 11.4. The monoisotopic (exact) mass is 83.1 g/mol. The molecule has 0 aliphatic rings. The average Bonchev–Trinajstić information content (AvgIpc) is 1.81. The minimum absolute atomic E-state index is 3.38. The molecule has 0 amide bonds. The van der Waals surface area contributed by atoms with Crippen LogP contribution in [0.1, 0.15) is 32.4 Å². The van der Waals surface area contributed by atoms with E-state index in [9.17, 15) is 0 Å². The van der Waals surface area contributed by atoms with Crippen LogP contribution in [0.15, 0.2) is 0 Å². The molecule has 0 spiro atoms. The highest BCUT2D eigenvalue weighted by Crippen LogP contribution is 1.81. The first-order chi connectivity index (χ1) is 5.75.